The molecule has 0 amide bonds. The Balaban J connectivity index is 0.000000148. The van der Waals surface area contributed by atoms with E-state index in [1.165, 1.54) is 13.2 Å². The average Bonchev–Trinajstić information content (AvgIpc) is 3.18. The van der Waals surface area contributed by atoms with E-state index in [4.69, 9.17) is 42.6 Å². The molecular weight excluding hydrogens is 732 g/mol. The number of phenolic OH excluding ortho intramolecular Hbond substituents is 1. The van der Waals surface area contributed by atoms with Crippen molar-refractivity contribution in [2.45, 2.75) is 62.9 Å². The van der Waals surface area contributed by atoms with Gasteiger partial charge in [0.15, 0.2) is 34.6 Å². The van der Waals surface area contributed by atoms with Crippen LogP contribution in [0.25, 0.3) is 12.2 Å². The van der Waals surface area contributed by atoms with Crippen molar-refractivity contribution in [2.24, 2.45) is 0 Å². The van der Waals surface area contributed by atoms with Gasteiger partial charge in [0.25, 0.3) is 0 Å². The number of fused-ring (bicyclic) bond motifs is 12. The Morgan fingerprint density at radius 2 is 1.04 bits per heavy atom. The molecule has 6 aliphatic heterocycles. The third-order valence-corrected chi connectivity index (χ3v) is 11.0. The molecule has 4 atom stereocenters. The number of aromatic hydroxyl groups is 1. The Morgan fingerprint density at radius 1 is 0.596 bits per heavy atom. The number of phenols is 1. The summed E-state index contributed by atoms with van der Waals surface area (Å²) in [5, 5.41) is 10.2. The second-order valence-corrected chi connectivity index (χ2v) is 15.7. The van der Waals surface area contributed by atoms with Crippen LogP contribution in [0.15, 0.2) is 60.7 Å². The first kappa shape index (κ1) is 36.3. The molecule has 0 bridgehead atoms. The first-order valence-corrected chi connectivity index (χ1v) is 18.7. The molecule has 0 aliphatic carbocycles. The van der Waals surface area contributed by atoms with E-state index in [9.17, 15) is 14.7 Å². The molecular formula is C45H42O12. The van der Waals surface area contributed by atoms with Crippen LogP contribution in [0.3, 0.4) is 0 Å². The minimum Gasteiger partial charge on any atom is -0.504 e. The van der Waals surface area contributed by atoms with Crippen LogP contribution in [0.1, 0.15) is 82.5 Å². The van der Waals surface area contributed by atoms with Gasteiger partial charge in [-0.15, -0.1) is 0 Å². The lowest BCUT2D eigenvalue weighted by atomic mass is 9.81. The normalized spacial score (nSPS) is 22.9. The van der Waals surface area contributed by atoms with Crippen molar-refractivity contribution in [1.82, 2.24) is 0 Å². The fourth-order valence-corrected chi connectivity index (χ4v) is 8.24. The Kier molecular flexibility index (Phi) is 8.38. The molecule has 6 heterocycles. The molecule has 294 valence electrons. The summed E-state index contributed by atoms with van der Waals surface area (Å²) in [5.41, 5.74) is 3.18. The van der Waals surface area contributed by atoms with Gasteiger partial charge in [0, 0.05) is 23.3 Å². The lowest BCUT2D eigenvalue weighted by molar-refractivity contribution is 0.0547. The van der Waals surface area contributed by atoms with Crippen LogP contribution in [0, 0.1) is 0 Å². The number of benzene rings is 4. The third-order valence-electron chi connectivity index (χ3n) is 11.0. The number of carbonyl (C=O) groups excluding carboxylic acids is 2. The fraction of sp³-hybridized carbons (Fsp3) is 0.333. The van der Waals surface area contributed by atoms with Gasteiger partial charge >= 0.3 is 0 Å². The first-order chi connectivity index (χ1) is 27.3. The molecule has 0 fully saturated rings. The zero-order valence-corrected chi connectivity index (χ0v) is 32.6. The summed E-state index contributed by atoms with van der Waals surface area (Å²) in [4.78, 5) is 26.9. The number of ketones is 2. The number of Topliss-reactive ketones (excluding diaryl/α,β-unsaturated/α-hetero) is 2. The predicted molar refractivity (Wildman–Crippen MR) is 209 cm³/mol. The highest BCUT2D eigenvalue weighted by Crippen LogP contribution is 2.51. The molecule has 12 nitrogen and oxygen atoms in total. The van der Waals surface area contributed by atoms with E-state index in [0.29, 0.717) is 68.4 Å². The monoisotopic (exact) mass is 774 g/mol. The van der Waals surface area contributed by atoms with Crippen LogP contribution in [0.2, 0.25) is 0 Å². The van der Waals surface area contributed by atoms with E-state index in [1.807, 2.05) is 64.1 Å². The fourth-order valence-electron chi connectivity index (χ4n) is 8.24. The van der Waals surface area contributed by atoms with Crippen LogP contribution in [0.5, 0.6) is 57.5 Å². The van der Waals surface area contributed by atoms with E-state index >= 15 is 0 Å². The molecule has 1 N–H and O–H groups in total. The standard InChI is InChI=1S/C23H22O6.C22H20O6/c1-23(2)8-7-12-15(29-23)6-5-13-21(24)20-14-9-17(25-3)18(26-4)10-16(14)27-11-19(20)28-22(12)13;1-22(2)7-6-11-15(28-22)5-4-12-20(24)19-13-8-14(23)17(25-3)9-16(13)26-10-18(19)27-21(11)12/h5-10,19-20H,11H2,1-4H3;4-9,18-19,23H,10H2,1-3H3/t19-,20+;18-,19+/m11/s1. The summed E-state index contributed by atoms with van der Waals surface area (Å²) in [6, 6.07) is 13.9. The third kappa shape index (κ3) is 5.96. The van der Waals surface area contributed by atoms with Gasteiger partial charge in [-0.1, -0.05) is 0 Å². The number of methoxy groups -OCH3 is 3. The molecule has 10 rings (SSSR count). The maximum absolute atomic E-state index is 13.5. The highest BCUT2D eigenvalue weighted by atomic mass is 16.6. The van der Waals surface area contributed by atoms with Crippen LogP contribution >= 0.6 is 0 Å². The summed E-state index contributed by atoms with van der Waals surface area (Å²) in [6.45, 7) is 8.43. The van der Waals surface area contributed by atoms with E-state index in [-0.39, 0.29) is 30.5 Å². The largest absolute Gasteiger partial charge is 0.504 e. The molecule has 0 spiro atoms. The Morgan fingerprint density at radius 3 is 1.51 bits per heavy atom. The second kappa shape index (κ2) is 13.1. The topological polar surface area (TPSA) is 137 Å². The molecule has 0 saturated carbocycles. The van der Waals surface area contributed by atoms with Gasteiger partial charge in [0.2, 0.25) is 0 Å². The molecule has 12 heteroatoms. The van der Waals surface area contributed by atoms with Crippen LogP contribution in [-0.2, 0) is 0 Å². The van der Waals surface area contributed by atoms with Gasteiger partial charge in [-0.25, -0.2) is 0 Å². The zero-order chi connectivity index (χ0) is 40.0. The van der Waals surface area contributed by atoms with Gasteiger partial charge in [-0.3, -0.25) is 9.59 Å². The summed E-state index contributed by atoms with van der Waals surface area (Å²) < 4.78 is 52.2. The molecule has 57 heavy (non-hydrogen) atoms. The smallest absolute Gasteiger partial charge is 0.178 e. The van der Waals surface area contributed by atoms with Crippen molar-refractivity contribution in [3.63, 3.8) is 0 Å². The Bertz CT molecular complexity index is 2420. The molecule has 0 saturated heterocycles. The average molecular weight is 775 g/mol. The van der Waals surface area contributed by atoms with Gasteiger partial charge in [-0.2, -0.15) is 0 Å². The van der Waals surface area contributed by atoms with Crippen LogP contribution in [-0.4, -0.2) is 74.6 Å². The molecule has 0 radical (unpaired) electrons. The molecule has 0 aromatic heterocycles. The maximum atomic E-state index is 13.5. The van der Waals surface area contributed by atoms with Crippen LogP contribution in [0.4, 0.5) is 0 Å². The number of carbonyl (C=O) groups is 2. The van der Waals surface area contributed by atoms with Crippen molar-refractivity contribution in [1.29, 1.82) is 0 Å². The van der Waals surface area contributed by atoms with Crippen molar-refractivity contribution in [2.75, 3.05) is 34.5 Å². The number of rotatable bonds is 3. The van der Waals surface area contributed by atoms with E-state index < -0.39 is 35.2 Å². The molecule has 0 unspecified atom stereocenters. The van der Waals surface area contributed by atoms with Crippen molar-refractivity contribution >= 4 is 23.7 Å². The summed E-state index contributed by atoms with van der Waals surface area (Å²) >= 11 is 0. The number of hydrogen-bond donors (Lipinski definition) is 1. The molecule has 4 aromatic carbocycles. The van der Waals surface area contributed by atoms with Crippen molar-refractivity contribution < 1.29 is 57.3 Å². The predicted octanol–water partition coefficient (Wildman–Crippen LogP) is 7.71. The first-order valence-electron chi connectivity index (χ1n) is 18.7. The number of hydrogen-bond acceptors (Lipinski definition) is 12. The maximum Gasteiger partial charge on any atom is 0.178 e. The minimum atomic E-state index is -0.545. The Hall–Kier alpha value is -6.30. The summed E-state index contributed by atoms with van der Waals surface area (Å²) in [7, 11) is 4.61. The lowest BCUT2D eigenvalue weighted by Crippen LogP contribution is -2.43. The zero-order valence-electron chi connectivity index (χ0n) is 32.6. The summed E-state index contributed by atoms with van der Waals surface area (Å²) in [5.74, 6) is 3.98. The van der Waals surface area contributed by atoms with Crippen molar-refractivity contribution in [3.8, 4) is 57.5 Å². The van der Waals surface area contributed by atoms with E-state index in [1.54, 1.807) is 44.6 Å². The van der Waals surface area contributed by atoms with Gasteiger partial charge in [0.05, 0.1) is 55.4 Å². The lowest BCUT2D eigenvalue weighted by Gasteiger charge is -2.38. The quantitative estimate of drug-likeness (QED) is 0.218. The number of ether oxygens (including phenoxy) is 9. The highest BCUT2D eigenvalue weighted by Gasteiger charge is 2.46. The molecule has 4 aromatic rings. The minimum absolute atomic E-state index is 0.00838. The van der Waals surface area contributed by atoms with Gasteiger partial charge < -0.3 is 47.7 Å². The van der Waals surface area contributed by atoms with Gasteiger partial charge in [0.1, 0.15) is 71.1 Å². The van der Waals surface area contributed by atoms with E-state index in [0.717, 1.165) is 16.7 Å². The SMILES string of the molecule is COc1cc2c(cc1O)[C@@H]1C(=O)c3ccc4c(c3O[C@@H]1CO2)C=CC(C)(C)O4.COc1cc2c(cc1OC)[C@@H]1C(=O)c3ccc4c(c3O[C@@H]1CO2)C=CC(C)(C)O4. The molecule has 6 aliphatic rings. The van der Waals surface area contributed by atoms with Gasteiger partial charge in [-0.05, 0) is 88.4 Å². The summed E-state index contributed by atoms with van der Waals surface area (Å²) in [6.07, 6.45) is 6.94. The Labute approximate surface area is 329 Å². The second-order valence-electron chi connectivity index (χ2n) is 15.7. The highest BCUT2D eigenvalue weighted by molar-refractivity contribution is 6.07. The van der Waals surface area contributed by atoms with Crippen molar-refractivity contribution in [3.05, 3.63) is 94.1 Å². The van der Waals surface area contributed by atoms with E-state index in [2.05, 4.69) is 0 Å². The van der Waals surface area contributed by atoms with Crippen LogP contribution < -0.4 is 42.6 Å².